The molecule has 21 heavy (non-hydrogen) atoms. The van der Waals surface area contributed by atoms with E-state index in [0.29, 0.717) is 11.8 Å². The van der Waals surface area contributed by atoms with E-state index in [0.717, 1.165) is 11.6 Å². The molecule has 3 unspecified atom stereocenters. The Morgan fingerprint density at radius 1 is 0.810 bits per heavy atom. The van der Waals surface area contributed by atoms with Crippen molar-refractivity contribution in [1.82, 2.24) is 9.78 Å². The summed E-state index contributed by atoms with van der Waals surface area (Å²) in [5.74, 6) is 2.05. The van der Waals surface area contributed by atoms with Crippen molar-refractivity contribution in [2.45, 2.75) is 18.8 Å². The quantitative estimate of drug-likeness (QED) is 0.692. The van der Waals surface area contributed by atoms with Crippen molar-refractivity contribution < 1.29 is 0 Å². The van der Waals surface area contributed by atoms with Crippen LogP contribution in [0.4, 0.5) is 0 Å². The highest BCUT2D eigenvalue weighted by Gasteiger charge is 2.48. The molecule has 0 N–H and O–H groups in total. The lowest BCUT2D eigenvalue weighted by atomic mass is 10.0. The molecule has 1 heterocycles. The predicted octanol–water partition coefficient (Wildman–Crippen LogP) is 4.39. The third kappa shape index (κ3) is 2.17. The summed E-state index contributed by atoms with van der Waals surface area (Å²) in [7, 11) is 0. The van der Waals surface area contributed by atoms with Gasteiger partial charge in [0.25, 0.3) is 0 Å². The molecule has 3 aromatic rings. The highest BCUT2D eigenvalue weighted by molar-refractivity contribution is 5.42. The van der Waals surface area contributed by atoms with Gasteiger partial charge in [0, 0.05) is 12.4 Å². The molecule has 0 radical (unpaired) electrons. The maximum Gasteiger partial charge on any atom is 0.0645 e. The highest BCUT2D eigenvalue weighted by Crippen LogP contribution is 2.60. The predicted molar refractivity (Wildman–Crippen MR) is 84.7 cm³/mol. The molecule has 1 saturated carbocycles. The van der Waals surface area contributed by atoms with Crippen molar-refractivity contribution in [2.24, 2.45) is 5.92 Å². The van der Waals surface area contributed by atoms with Gasteiger partial charge in [-0.1, -0.05) is 49.4 Å². The van der Waals surface area contributed by atoms with Gasteiger partial charge in [0.15, 0.2) is 0 Å². The van der Waals surface area contributed by atoms with E-state index < -0.39 is 0 Å². The number of hydrogen-bond acceptors (Lipinski definition) is 1. The first kappa shape index (κ1) is 12.4. The summed E-state index contributed by atoms with van der Waals surface area (Å²) in [4.78, 5) is 0. The molecule has 0 saturated heterocycles. The zero-order valence-electron chi connectivity index (χ0n) is 12.1. The first-order valence-corrected chi connectivity index (χ1v) is 7.49. The molecular formula is C19H18N2. The van der Waals surface area contributed by atoms with Gasteiger partial charge in [0.05, 0.1) is 5.69 Å². The summed E-state index contributed by atoms with van der Waals surface area (Å²) in [6.07, 6.45) is 3.78. The van der Waals surface area contributed by atoms with Crippen molar-refractivity contribution in [3.8, 4) is 5.69 Å². The average molecular weight is 274 g/mol. The largest absolute Gasteiger partial charge is 0.241 e. The third-order valence-electron chi connectivity index (χ3n) is 4.61. The smallest absolute Gasteiger partial charge is 0.0645 e. The monoisotopic (exact) mass is 274 g/mol. The lowest BCUT2D eigenvalue weighted by Gasteiger charge is -2.04. The lowest BCUT2D eigenvalue weighted by molar-refractivity contribution is 0.874. The Balaban J connectivity index is 1.58. The summed E-state index contributed by atoms with van der Waals surface area (Å²) in [6, 6.07) is 21.6. The van der Waals surface area contributed by atoms with E-state index in [1.54, 1.807) is 0 Å². The van der Waals surface area contributed by atoms with Gasteiger partial charge in [0.1, 0.15) is 0 Å². The minimum Gasteiger partial charge on any atom is -0.241 e. The SMILES string of the molecule is CC1C(c2ccccc2)C1c1ccc(-n2cccn2)cc1. The van der Waals surface area contributed by atoms with Gasteiger partial charge in [-0.05, 0) is 47.1 Å². The first-order valence-electron chi connectivity index (χ1n) is 7.49. The van der Waals surface area contributed by atoms with Crippen LogP contribution in [0.3, 0.4) is 0 Å². The molecule has 0 aliphatic heterocycles. The molecule has 2 nitrogen and oxygen atoms in total. The van der Waals surface area contributed by atoms with Crippen LogP contribution in [0.25, 0.3) is 5.69 Å². The van der Waals surface area contributed by atoms with Gasteiger partial charge in [-0.25, -0.2) is 4.68 Å². The van der Waals surface area contributed by atoms with Crippen LogP contribution in [0, 0.1) is 5.92 Å². The fourth-order valence-electron chi connectivity index (χ4n) is 3.43. The van der Waals surface area contributed by atoms with Crippen molar-refractivity contribution in [1.29, 1.82) is 0 Å². The molecule has 2 aromatic carbocycles. The van der Waals surface area contributed by atoms with Crippen molar-refractivity contribution in [3.05, 3.63) is 84.2 Å². The van der Waals surface area contributed by atoms with Crippen molar-refractivity contribution >= 4 is 0 Å². The van der Waals surface area contributed by atoms with Gasteiger partial charge in [-0.2, -0.15) is 5.10 Å². The van der Waals surface area contributed by atoms with Crippen LogP contribution in [0.2, 0.25) is 0 Å². The van der Waals surface area contributed by atoms with Gasteiger partial charge in [0.2, 0.25) is 0 Å². The van der Waals surface area contributed by atoms with Crippen LogP contribution >= 0.6 is 0 Å². The Morgan fingerprint density at radius 3 is 2.10 bits per heavy atom. The normalized spacial score (nSPS) is 24.0. The summed E-state index contributed by atoms with van der Waals surface area (Å²) in [6.45, 7) is 2.35. The van der Waals surface area contributed by atoms with Gasteiger partial charge in [-0.3, -0.25) is 0 Å². The molecule has 1 aliphatic rings. The number of benzene rings is 2. The topological polar surface area (TPSA) is 17.8 Å². The Morgan fingerprint density at radius 2 is 1.48 bits per heavy atom. The summed E-state index contributed by atoms with van der Waals surface area (Å²) < 4.78 is 1.90. The molecule has 2 heteroatoms. The summed E-state index contributed by atoms with van der Waals surface area (Å²) in [5, 5.41) is 4.27. The van der Waals surface area contributed by atoms with Crippen molar-refractivity contribution in [2.75, 3.05) is 0 Å². The number of rotatable bonds is 3. The molecule has 1 fully saturated rings. The maximum absolute atomic E-state index is 4.27. The Hall–Kier alpha value is -2.35. The second-order valence-corrected chi connectivity index (χ2v) is 5.86. The molecular weight excluding hydrogens is 256 g/mol. The van der Waals surface area contributed by atoms with E-state index in [1.807, 2.05) is 23.1 Å². The van der Waals surface area contributed by atoms with Crippen LogP contribution in [0.1, 0.15) is 29.9 Å². The van der Waals surface area contributed by atoms with Gasteiger partial charge < -0.3 is 0 Å². The fourth-order valence-corrected chi connectivity index (χ4v) is 3.43. The van der Waals surface area contributed by atoms with E-state index in [-0.39, 0.29) is 0 Å². The molecule has 1 aromatic heterocycles. The fraction of sp³-hybridized carbons (Fsp3) is 0.211. The Kier molecular flexibility index (Phi) is 2.88. The van der Waals surface area contributed by atoms with E-state index >= 15 is 0 Å². The van der Waals surface area contributed by atoms with E-state index in [1.165, 1.54) is 11.1 Å². The van der Waals surface area contributed by atoms with E-state index in [2.05, 4.69) is 66.6 Å². The summed E-state index contributed by atoms with van der Waals surface area (Å²) in [5.41, 5.74) is 4.02. The number of aromatic nitrogens is 2. The second kappa shape index (κ2) is 4.88. The Labute approximate surface area is 125 Å². The van der Waals surface area contributed by atoms with Gasteiger partial charge in [-0.15, -0.1) is 0 Å². The molecule has 104 valence electrons. The molecule has 0 amide bonds. The number of hydrogen-bond donors (Lipinski definition) is 0. The molecule has 3 atom stereocenters. The van der Waals surface area contributed by atoms with Crippen LogP contribution < -0.4 is 0 Å². The summed E-state index contributed by atoms with van der Waals surface area (Å²) >= 11 is 0. The van der Waals surface area contributed by atoms with Crippen LogP contribution in [0.15, 0.2) is 73.1 Å². The van der Waals surface area contributed by atoms with Crippen LogP contribution in [0.5, 0.6) is 0 Å². The minimum absolute atomic E-state index is 0.652. The Bertz CT molecular complexity index is 714. The lowest BCUT2D eigenvalue weighted by Crippen LogP contribution is -1.94. The second-order valence-electron chi connectivity index (χ2n) is 5.86. The standard InChI is InChI=1S/C19H18N2/c1-14-18(15-6-3-2-4-7-15)19(14)16-8-10-17(11-9-16)21-13-5-12-20-21/h2-14,18-19H,1H3. The molecule has 4 rings (SSSR count). The zero-order chi connectivity index (χ0) is 14.2. The van der Waals surface area contributed by atoms with E-state index in [4.69, 9.17) is 0 Å². The van der Waals surface area contributed by atoms with Crippen molar-refractivity contribution in [3.63, 3.8) is 0 Å². The van der Waals surface area contributed by atoms with E-state index in [9.17, 15) is 0 Å². The van der Waals surface area contributed by atoms with Crippen LogP contribution in [-0.4, -0.2) is 9.78 Å². The molecule has 0 spiro atoms. The average Bonchev–Trinajstić information content (AvgIpc) is 2.97. The highest BCUT2D eigenvalue weighted by atomic mass is 15.3. The molecule has 0 bridgehead atoms. The zero-order valence-corrected chi connectivity index (χ0v) is 12.1. The number of nitrogens with zero attached hydrogens (tertiary/aromatic N) is 2. The first-order chi connectivity index (χ1) is 10.3. The minimum atomic E-state index is 0.652. The van der Waals surface area contributed by atoms with Gasteiger partial charge >= 0.3 is 0 Å². The third-order valence-corrected chi connectivity index (χ3v) is 4.61. The molecule has 1 aliphatic carbocycles. The van der Waals surface area contributed by atoms with Crippen LogP contribution in [-0.2, 0) is 0 Å². The maximum atomic E-state index is 4.27.